The van der Waals surface area contributed by atoms with Crippen molar-refractivity contribution in [3.05, 3.63) is 57.6 Å². The van der Waals surface area contributed by atoms with Crippen molar-refractivity contribution in [2.24, 2.45) is 5.92 Å². The van der Waals surface area contributed by atoms with Gasteiger partial charge < -0.3 is 20.7 Å². The number of hydrogen-bond acceptors (Lipinski definition) is 5. The number of amides is 1. The molecule has 0 aliphatic heterocycles. The van der Waals surface area contributed by atoms with E-state index in [0.29, 0.717) is 5.75 Å². The van der Waals surface area contributed by atoms with E-state index in [0.717, 1.165) is 48.9 Å². The van der Waals surface area contributed by atoms with Crippen molar-refractivity contribution in [3.63, 3.8) is 0 Å². The molecule has 8 nitrogen and oxygen atoms in total. The first-order valence-electron chi connectivity index (χ1n) is 11.1. The van der Waals surface area contributed by atoms with Crippen LogP contribution in [0.4, 0.5) is 17.1 Å². The Kier molecular flexibility index (Phi) is 8.21. The van der Waals surface area contributed by atoms with Gasteiger partial charge in [-0.1, -0.05) is 37.5 Å². The predicted molar refractivity (Wildman–Crippen MR) is 134 cm³/mol. The molecule has 33 heavy (non-hydrogen) atoms. The first-order valence-corrected chi connectivity index (χ1v) is 11.5. The standard InChI is InChI=1S/C24H30N4O4S/c1-15-8-7-9-16(2)21(15)26-23(29)22(17-10-5-4-6-11-17)27-24(33)25-19-13-12-18(32-3)14-20(19)28(30)31/h7-9,12-14,17,22H,4-6,10-11H2,1-3H3,(H,26,29)(H2,25,27,33). The molecule has 0 radical (unpaired) electrons. The number of anilines is 2. The summed E-state index contributed by atoms with van der Waals surface area (Å²) in [5.41, 5.74) is 2.85. The predicted octanol–water partition coefficient (Wildman–Crippen LogP) is 5.09. The second kappa shape index (κ2) is 11.1. The number of para-hydroxylation sites is 1. The molecule has 0 saturated heterocycles. The van der Waals surface area contributed by atoms with Crippen LogP contribution in [0.5, 0.6) is 5.75 Å². The zero-order valence-corrected chi connectivity index (χ0v) is 20.0. The molecule has 3 N–H and O–H groups in total. The number of methoxy groups -OCH3 is 1. The Morgan fingerprint density at radius 3 is 2.39 bits per heavy atom. The molecule has 0 aromatic heterocycles. The van der Waals surface area contributed by atoms with Gasteiger partial charge in [-0.2, -0.15) is 0 Å². The van der Waals surface area contributed by atoms with E-state index in [9.17, 15) is 14.9 Å². The highest BCUT2D eigenvalue weighted by molar-refractivity contribution is 7.80. The van der Waals surface area contributed by atoms with Crippen molar-refractivity contribution < 1.29 is 14.5 Å². The monoisotopic (exact) mass is 470 g/mol. The molecule has 0 bridgehead atoms. The second-order valence-corrected chi connectivity index (χ2v) is 8.78. The van der Waals surface area contributed by atoms with Crippen molar-refractivity contribution in [2.45, 2.75) is 52.0 Å². The lowest BCUT2D eigenvalue weighted by molar-refractivity contribution is -0.384. The lowest BCUT2D eigenvalue weighted by atomic mass is 9.83. The molecule has 1 atom stereocenters. The average molecular weight is 471 g/mol. The minimum atomic E-state index is -0.554. The van der Waals surface area contributed by atoms with Crippen LogP contribution < -0.4 is 20.7 Å². The van der Waals surface area contributed by atoms with Gasteiger partial charge in [0.2, 0.25) is 5.91 Å². The fraction of sp³-hybridized carbons (Fsp3) is 0.417. The summed E-state index contributed by atoms with van der Waals surface area (Å²) in [6, 6.07) is 9.81. The molecule has 2 aromatic rings. The van der Waals surface area contributed by atoms with Crippen LogP contribution in [0.25, 0.3) is 0 Å². The highest BCUT2D eigenvalue weighted by Gasteiger charge is 2.31. The third kappa shape index (κ3) is 6.19. The number of benzene rings is 2. The molecule has 176 valence electrons. The number of rotatable bonds is 7. The number of hydrogen-bond donors (Lipinski definition) is 3. The summed E-state index contributed by atoms with van der Waals surface area (Å²) in [4.78, 5) is 24.4. The van der Waals surface area contributed by atoms with Gasteiger partial charge in [0, 0.05) is 5.69 Å². The van der Waals surface area contributed by atoms with Crippen LogP contribution in [-0.2, 0) is 4.79 Å². The Morgan fingerprint density at radius 1 is 1.12 bits per heavy atom. The van der Waals surface area contributed by atoms with E-state index in [4.69, 9.17) is 17.0 Å². The summed E-state index contributed by atoms with van der Waals surface area (Å²) in [6.07, 6.45) is 5.11. The van der Waals surface area contributed by atoms with Crippen LogP contribution in [0.2, 0.25) is 0 Å². The molecule has 1 aliphatic rings. The maximum Gasteiger partial charge on any atom is 0.296 e. The van der Waals surface area contributed by atoms with E-state index in [1.807, 2.05) is 32.0 Å². The van der Waals surface area contributed by atoms with Crippen LogP contribution in [0.15, 0.2) is 36.4 Å². The number of carbonyl (C=O) groups excluding carboxylic acids is 1. The zero-order valence-electron chi connectivity index (χ0n) is 19.1. The summed E-state index contributed by atoms with van der Waals surface area (Å²) >= 11 is 5.47. The Hall–Kier alpha value is -3.20. The van der Waals surface area contributed by atoms with Gasteiger partial charge in [-0.05, 0) is 68.1 Å². The minimum Gasteiger partial charge on any atom is -0.496 e. The number of thiocarbonyl (C=S) groups is 1. The lowest BCUT2D eigenvalue weighted by Gasteiger charge is -2.31. The highest BCUT2D eigenvalue weighted by atomic mass is 32.1. The maximum absolute atomic E-state index is 13.4. The van der Waals surface area contributed by atoms with Crippen LogP contribution in [0, 0.1) is 29.9 Å². The highest BCUT2D eigenvalue weighted by Crippen LogP contribution is 2.30. The van der Waals surface area contributed by atoms with E-state index in [-0.39, 0.29) is 28.3 Å². The number of nitro benzene ring substituents is 1. The summed E-state index contributed by atoms with van der Waals surface area (Å²) in [6.45, 7) is 3.92. The molecular weight excluding hydrogens is 440 g/mol. The summed E-state index contributed by atoms with van der Waals surface area (Å²) in [7, 11) is 1.45. The summed E-state index contributed by atoms with van der Waals surface area (Å²) in [5, 5.41) is 20.8. The Morgan fingerprint density at radius 2 is 1.79 bits per heavy atom. The SMILES string of the molecule is COc1ccc(NC(=S)NC(C(=O)Nc2c(C)cccc2C)C2CCCCC2)c([N+](=O)[O-])c1. The number of nitrogens with one attached hydrogen (secondary N) is 3. The van der Waals surface area contributed by atoms with Gasteiger partial charge in [-0.15, -0.1) is 0 Å². The zero-order chi connectivity index (χ0) is 24.0. The Bertz CT molecular complexity index is 1020. The minimum absolute atomic E-state index is 0.119. The number of nitro groups is 1. The van der Waals surface area contributed by atoms with E-state index in [1.54, 1.807) is 6.07 Å². The van der Waals surface area contributed by atoms with Gasteiger partial charge in [0.1, 0.15) is 17.5 Å². The van der Waals surface area contributed by atoms with Gasteiger partial charge in [0.15, 0.2) is 5.11 Å². The molecular formula is C24H30N4O4S. The third-order valence-electron chi connectivity index (χ3n) is 6.07. The van der Waals surface area contributed by atoms with Crippen molar-refractivity contribution in [1.29, 1.82) is 0 Å². The van der Waals surface area contributed by atoms with E-state index in [2.05, 4.69) is 16.0 Å². The van der Waals surface area contributed by atoms with Crippen LogP contribution in [0.3, 0.4) is 0 Å². The van der Waals surface area contributed by atoms with E-state index in [1.165, 1.54) is 19.2 Å². The molecule has 1 saturated carbocycles. The molecule has 2 aromatic carbocycles. The molecule has 0 spiro atoms. The number of aryl methyl sites for hydroxylation is 2. The van der Waals surface area contributed by atoms with Gasteiger partial charge >= 0.3 is 0 Å². The number of nitrogens with zero attached hydrogens (tertiary/aromatic N) is 1. The second-order valence-electron chi connectivity index (χ2n) is 8.37. The fourth-order valence-electron chi connectivity index (χ4n) is 4.27. The Labute approximate surface area is 199 Å². The first-order chi connectivity index (χ1) is 15.8. The van der Waals surface area contributed by atoms with E-state index < -0.39 is 11.0 Å². The Balaban J connectivity index is 1.80. The molecule has 9 heteroatoms. The smallest absolute Gasteiger partial charge is 0.296 e. The first kappa shape index (κ1) is 24.4. The van der Waals surface area contributed by atoms with Crippen molar-refractivity contribution >= 4 is 40.3 Å². The lowest BCUT2D eigenvalue weighted by Crippen LogP contribution is -2.50. The molecule has 1 amide bonds. The fourth-order valence-corrected chi connectivity index (χ4v) is 4.51. The molecule has 0 heterocycles. The normalized spacial score (nSPS) is 14.8. The van der Waals surface area contributed by atoms with E-state index >= 15 is 0 Å². The summed E-state index contributed by atoms with van der Waals surface area (Å²) in [5.74, 6) is 0.334. The average Bonchev–Trinajstić information content (AvgIpc) is 2.80. The number of carbonyl (C=O) groups is 1. The van der Waals surface area contributed by atoms with Crippen molar-refractivity contribution in [3.8, 4) is 5.75 Å². The van der Waals surface area contributed by atoms with Gasteiger partial charge in [-0.3, -0.25) is 14.9 Å². The van der Waals surface area contributed by atoms with Gasteiger partial charge in [0.05, 0.1) is 18.1 Å². The van der Waals surface area contributed by atoms with Crippen molar-refractivity contribution in [2.75, 3.05) is 17.7 Å². The maximum atomic E-state index is 13.4. The topological polar surface area (TPSA) is 106 Å². The van der Waals surface area contributed by atoms with Crippen LogP contribution in [-0.4, -0.2) is 29.1 Å². The largest absolute Gasteiger partial charge is 0.496 e. The quantitative estimate of drug-likeness (QED) is 0.294. The molecule has 1 fully saturated rings. The molecule has 1 aliphatic carbocycles. The third-order valence-corrected chi connectivity index (χ3v) is 6.29. The molecule has 1 unspecified atom stereocenters. The van der Waals surface area contributed by atoms with Crippen LogP contribution >= 0.6 is 12.2 Å². The van der Waals surface area contributed by atoms with Crippen LogP contribution in [0.1, 0.15) is 43.2 Å². The van der Waals surface area contributed by atoms with Gasteiger partial charge in [-0.25, -0.2) is 0 Å². The molecule has 3 rings (SSSR count). The van der Waals surface area contributed by atoms with Gasteiger partial charge in [0.25, 0.3) is 5.69 Å². The number of ether oxygens (including phenoxy) is 1. The summed E-state index contributed by atoms with van der Waals surface area (Å²) < 4.78 is 5.08. The van der Waals surface area contributed by atoms with Crippen molar-refractivity contribution in [1.82, 2.24) is 5.32 Å².